The van der Waals surface area contributed by atoms with E-state index in [9.17, 15) is 9.00 Å². The van der Waals surface area contributed by atoms with E-state index in [0.717, 1.165) is 22.2 Å². The van der Waals surface area contributed by atoms with Crippen LogP contribution in [0.25, 0.3) is 0 Å². The molecule has 0 radical (unpaired) electrons. The van der Waals surface area contributed by atoms with Crippen molar-refractivity contribution in [2.24, 2.45) is 0 Å². The van der Waals surface area contributed by atoms with E-state index in [2.05, 4.69) is 22.0 Å². The van der Waals surface area contributed by atoms with Crippen LogP contribution in [0, 0.1) is 0 Å². The summed E-state index contributed by atoms with van der Waals surface area (Å²) in [6.45, 7) is 0. The Labute approximate surface area is 135 Å². The van der Waals surface area contributed by atoms with Gasteiger partial charge in [-0.15, -0.1) is 0 Å². The topological polar surface area (TPSA) is 34.1 Å². The van der Waals surface area contributed by atoms with Gasteiger partial charge in [0, 0.05) is 14.9 Å². The normalized spacial score (nSPS) is 14.7. The van der Waals surface area contributed by atoms with Gasteiger partial charge in [0.25, 0.3) is 0 Å². The highest BCUT2D eigenvalue weighted by Crippen LogP contribution is 2.24. The van der Waals surface area contributed by atoms with Crippen molar-refractivity contribution in [1.82, 2.24) is 0 Å². The van der Waals surface area contributed by atoms with Crippen molar-refractivity contribution < 1.29 is 9.00 Å². The van der Waals surface area contributed by atoms with Crippen molar-refractivity contribution in [2.45, 2.75) is 24.2 Å². The van der Waals surface area contributed by atoms with Crippen LogP contribution in [0.2, 0.25) is 0 Å². The molecule has 2 nitrogen and oxygen atoms in total. The maximum Gasteiger partial charge on any atom is 0.176 e. The molecule has 108 valence electrons. The van der Waals surface area contributed by atoms with Gasteiger partial charge in [-0.1, -0.05) is 40.2 Å². The van der Waals surface area contributed by atoms with E-state index in [0.29, 0.717) is 5.56 Å². The lowest BCUT2D eigenvalue weighted by molar-refractivity contribution is 0.102. The summed E-state index contributed by atoms with van der Waals surface area (Å²) in [7, 11) is -1.29. The molecule has 3 rings (SSSR count). The number of hydrogen-bond donors (Lipinski definition) is 0. The molecule has 0 aliphatic heterocycles. The van der Waals surface area contributed by atoms with Crippen LogP contribution in [-0.4, -0.2) is 15.7 Å². The average Bonchev–Trinajstić information content (AvgIpc) is 2.94. The molecule has 0 saturated carbocycles. The van der Waals surface area contributed by atoms with Gasteiger partial charge in [0.2, 0.25) is 0 Å². The summed E-state index contributed by atoms with van der Waals surface area (Å²) in [5.41, 5.74) is 3.23. The van der Waals surface area contributed by atoms with E-state index in [1.807, 2.05) is 30.3 Å². The molecule has 0 bridgehead atoms. The predicted octanol–water partition coefficient (Wildman–Crippen LogP) is 3.93. The number of carbonyl (C=O) groups is 1. The highest BCUT2D eigenvalue weighted by atomic mass is 79.9. The van der Waals surface area contributed by atoms with Gasteiger partial charge in [-0.3, -0.25) is 9.00 Å². The molecular weight excluding hydrogens is 348 g/mol. The summed E-state index contributed by atoms with van der Waals surface area (Å²) in [5.74, 6) is -0.0668. The number of rotatable bonds is 4. The van der Waals surface area contributed by atoms with Crippen LogP contribution in [0.5, 0.6) is 0 Å². The fourth-order valence-corrected chi connectivity index (χ4v) is 4.22. The standard InChI is InChI=1S/C17H15BrO2S/c18-16-7-2-1-6-15(16)17(19)11-21(20)14-9-8-12-4-3-5-13(12)10-14/h1-2,6-10H,3-5,11H2. The molecule has 2 aromatic rings. The number of ketones is 1. The third-order valence-corrected chi connectivity index (χ3v) is 5.76. The number of carbonyl (C=O) groups excluding carboxylic acids is 1. The first-order valence-corrected chi connectivity index (χ1v) is 9.04. The largest absolute Gasteiger partial charge is 0.293 e. The maximum atomic E-state index is 12.4. The molecule has 0 spiro atoms. The van der Waals surface area contributed by atoms with Crippen molar-refractivity contribution >= 4 is 32.5 Å². The van der Waals surface area contributed by atoms with Crippen LogP contribution >= 0.6 is 15.9 Å². The number of hydrogen-bond acceptors (Lipinski definition) is 2. The zero-order valence-corrected chi connectivity index (χ0v) is 13.9. The molecule has 0 N–H and O–H groups in total. The Morgan fingerprint density at radius 3 is 2.67 bits per heavy atom. The van der Waals surface area contributed by atoms with Crippen LogP contribution in [0.15, 0.2) is 51.8 Å². The quantitative estimate of drug-likeness (QED) is 0.772. The Bertz CT molecular complexity index is 724. The second kappa shape index (κ2) is 6.24. The molecule has 1 unspecified atom stereocenters. The molecule has 0 aromatic heterocycles. The van der Waals surface area contributed by atoms with Crippen LogP contribution in [0.3, 0.4) is 0 Å². The first-order chi connectivity index (χ1) is 10.1. The fourth-order valence-electron chi connectivity index (χ4n) is 2.66. The molecule has 0 fully saturated rings. The van der Waals surface area contributed by atoms with Crippen molar-refractivity contribution in [3.05, 3.63) is 63.6 Å². The molecular formula is C17H15BrO2S. The zero-order valence-electron chi connectivity index (χ0n) is 11.5. The molecule has 0 amide bonds. The summed E-state index contributed by atoms with van der Waals surface area (Å²) in [5, 5.41) is 0. The maximum absolute atomic E-state index is 12.4. The Balaban J connectivity index is 1.77. The van der Waals surface area contributed by atoms with Crippen molar-refractivity contribution in [3.8, 4) is 0 Å². The Kier molecular flexibility index (Phi) is 4.36. The van der Waals surface area contributed by atoms with E-state index >= 15 is 0 Å². The molecule has 1 atom stereocenters. The number of halogens is 1. The van der Waals surface area contributed by atoms with E-state index in [1.165, 1.54) is 17.5 Å². The first kappa shape index (κ1) is 14.7. The zero-order chi connectivity index (χ0) is 14.8. The van der Waals surface area contributed by atoms with Crippen molar-refractivity contribution in [3.63, 3.8) is 0 Å². The van der Waals surface area contributed by atoms with E-state index < -0.39 is 10.8 Å². The summed E-state index contributed by atoms with van der Waals surface area (Å²) in [6, 6.07) is 13.2. The van der Waals surface area contributed by atoms with Gasteiger partial charge in [0.05, 0.1) is 16.6 Å². The molecule has 21 heavy (non-hydrogen) atoms. The number of benzene rings is 2. The molecule has 0 saturated heterocycles. The summed E-state index contributed by atoms with van der Waals surface area (Å²) in [6.07, 6.45) is 3.33. The summed E-state index contributed by atoms with van der Waals surface area (Å²) in [4.78, 5) is 13.0. The minimum absolute atomic E-state index is 0.0292. The molecule has 1 aliphatic carbocycles. The number of Topliss-reactive ketones (excluding diaryl/α,β-unsaturated/α-hetero) is 1. The van der Waals surface area contributed by atoms with Gasteiger partial charge in [-0.05, 0) is 48.6 Å². The lowest BCUT2D eigenvalue weighted by Gasteiger charge is -2.06. The van der Waals surface area contributed by atoms with E-state index in [-0.39, 0.29) is 11.5 Å². The van der Waals surface area contributed by atoms with Gasteiger partial charge >= 0.3 is 0 Å². The van der Waals surface area contributed by atoms with Crippen LogP contribution in [0.4, 0.5) is 0 Å². The van der Waals surface area contributed by atoms with Gasteiger partial charge in [0.1, 0.15) is 0 Å². The van der Waals surface area contributed by atoms with Gasteiger partial charge in [-0.2, -0.15) is 0 Å². The monoisotopic (exact) mass is 362 g/mol. The SMILES string of the molecule is O=C(CS(=O)c1ccc2c(c1)CCC2)c1ccccc1Br. The Morgan fingerprint density at radius 2 is 1.86 bits per heavy atom. The fraction of sp³-hybridized carbons (Fsp3) is 0.235. The lowest BCUT2D eigenvalue weighted by Crippen LogP contribution is -2.12. The second-order valence-corrected chi connectivity index (χ2v) is 7.48. The van der Waals surface area contributed by atoms with Crippen LogP contribution in [-0.2, 0) is 23.6 Å². The Morgan fingerprint density at radius 1 is 1.10 bits per heavy atom. The summed E-state index contributed by atoms with van der Waals surface area (Å²) >= 11 is 3.36. The van der Waals surface area contributed by atoms with E-state index in [1.54, 1.807) is 6.07 Å². The van der Waals surface area contributed by atoms with Crippen molar-refractivity contribution in [1.29, 1.82) is 0 Å². The molecule has 2 aromatic carbocycles. The Hall–Kier alpha value is -1.26. The third kappa shape index (κ3) is 3.16. The highest BCUT2D eigenvalue weighted by molar-refractivity contribution is 9.10. The van der Waals surface area contributed by atoms with Crippen LogP contribution < -0.4 is 0 Å². The molecule has 0 heterocycles. The second-order valence-electron chi connectivity index (χ2n) is 5.18. The van der Waals surface area contributed by atoms with E-state index in [4.69, 9.17) is 0 Å². The summed E-state index contributed by atoms with van der Waals surface area (Å²) < 4.78 is 13.2. The van der Waals surface area contributed by atoms with Gasteiger partial charge < -0.3 is 0 Å². The lowest BCUT2D eigenvalue weighted by atomic mass is 10.1. The minimum atomic E-state index is -1.29. The van der Waals surface area contributed by atoms with Crippen molar-refractivity contribution in [2.75, 3.05) is 5.75 Å². The number of fused-ring (bicyclic) bond motifs is 1. The molecule has 1 aliphatic rings. The average molecular weight is 363 g/mol. The highest BCUT2D eigenvalue weighted by Gasteiger charge is 2.17. The van der Waals surface area contributed by atoms with Crippen LogP contribution in [0.1, 0.15) is 27.9 Å². The number of aryl methyl sites for hydroxylation is 2. The van der Waals surface area contributed by atoms with Gasteiger partial charge in [-0.25, -0.2) is 0 Å². The molecule has 4 heteroatoms. The smallest absolute Gasteiger partial charge is 0.176 e. The first-order valence-electron chi connectivity index (χ1n) is 6.93. The third-order valence-electron chi connectivity index (χ3n) is 3.77. The predicted molar refractivity (Wildman–Crippen MR) is 88.2 cm³/mol. The minimum Gasteiger partial charge on any atom is -0.293 e. The van der Waals surface area contributed by atoms with Gasteiger partial charge in [0.15, 0.2) is 5.78 Å².